The fourth-order valence-electron chi connectivity index (χ4n) is 7.44. The molecule has 0 radical (unpaired) electrons. The number of amides is 1. The van der Waals surface area contributed by atoms with E-state index < -0.39 is 64.4 Å². The van der Waals surface area contributed by atoms with Crippen LogP contribution in [0.3, 0.4) is 0 Å². The highest BCUT2D eigenvalue weighted by atomic mass is 16.5. The van der Waals surface area contributed by atoms with E-state index in [2.05, 4.69) is 18.8 Å². The van der Waals surface area contributed by atoms with Crippen LogP contribution < -0.4 is 10.5 Å². The summed E-state index contributed by atoms with van der Waals surface area (Å²) in [4.78, 5) is 73.4. The standard InChI is InChI=1S/C33H39N3O8/c1-6-15(2)7-8-16-11-19(17-9-10-22(44-5)35-14-17)20-12-18-13-21-26(36(3)4)29(39)25(32(34)42)31(41)33(21,43)30(40)23(18)28(38)24(20)27(16)37/h9-11,14-15,18,21,23,25-26,37,43H,6-8,12-13H2,1-5H3,(H2,34,42)/t15?,18-,21-,23?,25?,26-,33-/m1/s1. The van der Waals surface area contributed by atoms with E-state index in [1.807, 2.05) is 12.1 Å². The number of likely N-dealkylation sites (N-methyl/N-ethyl adjacent to an activating group) is 1. The normalized spacial score (nSPS) is 28.8. The molecule has 4 N–H and O–H groups in total. The first-order valence-electron chi connectivity index (χ1n) is 15.0. The van der Waals surface area contributed by atoms with Crippen molar-refractivity contribution in [2.45, 2.75) is 57.6 Å². The smallest absolute Gasteiger partial charge is 0.235 e. The number of aryl methyl sites for hydroxylation is 1. The minimum absolute atomic E-state index is 0.0101. The Kier molecular flexibility index (Phi) is 8.24. The maximum Gasteiger partial charge on any atom is 0.235 e. The molecule has 1 heterocycles. The number of methoxy groups -OCH3 is 1. The number of carbonyl (C=O) groups is 5. The first-order chi connectivity index (χ1) is 20.8. The number of rotatable bonds is 8. The molecule has 3 unspecified atom stereocenters. The average Bonchev–Trinajstić information content (AvgIpc) is 2.98. The third-order valence-corrected chi connectivity index (χ3v) is 10.0. The van der Waals surface area contributed by atoms with Crippen LogP contribution in [0.15, 0.2) is 24.4 Å². The van der Waals surface area contributed by atoms with Gasteiger partial charge < -0.3 is 20.7 Å². The summed E-state index contributed by atoms with van der Waals surface area (Å²) in [7, 11) is 4.62. The number of benzene rings is 1. The van der Waals surface area contributed by atoms with Gasteiger partial charge in [-0.15, -0.1) is 0 Å². The molecule has 44 heavy (non-hydrogen) atoms. The Morgan fingerprint density at radius 3 is 2.48 bits per heavy atom. The molecule has 11 nitrogen and oxygen atoms in total. The quantitative estimate of drug-likeness (QED) is 0.377. The van der Waals surface area contributed by atoms with Gasteiger partial charge in [0.25, 0.3) is 0 Å². The van der Waals surface area contributed by atoms with Gasteiger partial charge in [-0.1, -0.05) is 20.3 Å². The Morgan fingerprint density at radius 2 is 1.91 bits per heavy atom. The SMILES string of the molecule is CCC(C)CCc1cc(-c2ccc(OC)nc2)c2c(c1O)C(=O)C1C(=O)[C@@]3(O)C(=O)C(C(N)=O)C(=O)[C@H](N(C)C)[C@H]3C[C@H]1C2. The summed E-state index contributed by atoms with van der Waals surface area (Å²) in [6, 6.07) is 4.21. The van der Waals surface area contributed by atoms with E-state index in [0.29, 0.717) is 40.5 Å². The van der Waals surface area contributed by atoms with E-state index in [4.69, 9.17) is 10.5 Å². The lowest BCUT2D eigenvalue weighted by Gasteiger charge is -2.52. The maximum atomic E-state index is 14.3. The Morgan fingerprint density at radius 1 is 1.20 bits per heavy atom. The number of phenols is 1. The second-order valence-electron chi connectivity index (χ2n) is 12.7. The Hall–Kier alpha value is -3.96. The third kappa shape index (κ3) is 4.73. The molecule has 1 aromatic heterocycles. The van der Waals surface area contributed by atoms with Crippen molar-refractivity contribution in [2.75, 3.05) is 21.2 Å². The molecule has 1 aromatic carbocycles. The topological polar surface area (TPSA) is 177 Å². The van der Waals surface area contributed by atoms with E-state index in [1.54, 1.807) is 26.4 Å². The van der Waals surface area contributed by atoms with Crippen LogP contribution in [0.1, 0.15) is 54.6 Å². The minimum Gasteiger partial charge on any atom is -0.507 e. The van der Waals surface area contributed by atoms with E-state index in [-0.39, 0.29) is 24.2 Å². The van der Waals surface area contributed by atoms with Crippen LogP contribution in [0.5, 0.6) is 11.6 Å². The average molecular weight is 606 g/mol. The van der Waals surface area contributed by atoms with Crippen molar-refractivity contribution in [3.05, 3.63) is 41.1 Å². The number of aromatic hydroxyl groups is 1. The van der Waals surface area contributed by atoms with E-state index in [0.717, 1.165) is 12.8 Å². The Labute approximate surface area is 255 Å². The van der Waals surface area contributed by atoms with Gasteiger partial charge in [-0.3, -0.25) is 28.9 Å². The number of pyridine rings is 1. The molecule has 2 aromatic rings. The lowest BCUT2D eigenvalue weighted by atomic mass is 9.52. The summed E-state index contributed by atoms with van der Waals surface area (Å²) in [5.41, 5.74) is 5.09. The third-order valence-electron chi connectivity index (χ3n) is 10.0. The second-order valence-corrected chi connectivity index (χ2v) is 12.7. The van der Waals surface area contributed by atoms with Gasteiger partial charge in [0.1, 0.15) is 5.75 Å². The van der Waals surface area contributed by atoms with Crippen molar-refractivity contribution in [3.8, 4) is 22.8 Å². The van der Waals surface area contributed by atoms with Gasteiger partial charge in [-0.25, -0.2) is 4.98 Å². The number of primary amides is 1. The summed E-state index contributed by atoms with van der Waals surface area (Å²) < 4.78 is 5.21. The summed E-state index contributed by atoms with van der Waals surface area (Å²) in [6.45, 7) is 4.18. The molecule has 3 aliphatic rings. The lowest BCUT2D eigenvalue weighted by Crippen LogP contribution is -2.74. The van der Waals surface area contributed by atoms with E-state index in [9.17, 15) is 34.2 Å². The molecule has 0 aliphatic heterocycles. The zero-order valence-corrected chi connectivity index (χ0v) is 25.6. The number of hydrogen-bond donors (Lipinski definition) is 3. The summed E-state index contributed by atoms with van der Waals surface area (Å²) in [5.74, 6) is -9.82. The number of nitrogens with two attached hydrogens (primary N) is 1. The number of fused-ring (bicyclic) bond motifs is 3. The number of carbonyl (C=O) groups excluding carboxylic acids is 5. The number of Topliss-reactive ketones (excluding diaryl/α,β-unsaturated/α-hetero) is 4. The summed E-state index contributed by atoms with van der Waals surface area (Å²) in [5, 5.41) is 23.4. The first kappa shape index (κ1) is 31.5. The molecular weight excluding hydrogens is 566 g/mol. The van der Waals surface area contributed by atoms with Crippen LogP contribution in [0.4, 0.5) is 0 Å². The van der Waals surface area contributed by atoms with Crippen molar-refractivity contribution in [2.24, 2.45) is 35.3 Å². The molecule has 3 aliphatic carbocycles. The van der Waals surface area contributed by atoms with Gasteiger partial charge in [0, 0.05) is 23.7 Å². The van der Waals surface area contributed by atoms with Crippen molar-refractivity contribution < 1.29 is 38.9 Å². The van der Waals surface area contributed by atoms with Gasteiger partial charge in [0.05, 0.1) is 24.6 Å². The van der Waals surface area contributed by atoms with E-state index in [1.165, 1.54) is 12.0 Å². The highest BCUT2D eigenvalue weighted by Gasteiger charge is 2.69. The predicted octanol–water partition coefficient (Wildman–Crippen LogP) is 1.92. The predicted molar refractivity (Wildman–Crippen MR) is 159 cm³/mol. The number of ether oxygens (including phenoxy) is 1. The zero-order chi connectivity index (χ0) is 32.2. The van der Waals surface area contributed by atoms with Crippen LogP contribution >= 0.6 is 0 Å². The number of aliphatic hydroxyl groups is 1. The molecule has 0 saturated heterocycles. The summed E-state index contributed by atoms with van der Waals surface area (Å²) >= 11 is 0. The largest absolute Gasteiger partial charge is 0.507 e. The molecule has 234 valence electrons. The maximum absolute atomic E-state index is 14.3. The van der Waals surface area contributed by atoms with Gasteiger partial charge >= 0.3 is 0 Å². The van der Waals surface area contributed by atoms with Gasteiger partial charge in [-0.2, -0.15) is 0 Å². The number of ketones is 4. The summed E-state index contributed by atoms with van der Waals surface area (Å²) in [6.07, 6.45) is 3.96. The molecule has 1 amide bonds. The van der Waals surface area contributed by atoms with Crippen LogP contribution in [0.2, 0.25) is 0 Å². The molecule has 2 fully saturated rings. The monoisotopic (exact) mass is 605 g/mol. The molecule has 0 spiro atoms. The van der Waals surface area contributed by atoms with Crippen LogP contribution in [-0.4, -0.2) is 82.0 Å². The molecule has 2 saturated carbocycles. The van der Waals surface area contributed by atoms with Gasteiger partial charge in [-0.05, 0) is 80.4 Å². The van der Waals surface area contributed by atoms with Crippen molar-refractivity contribution in [1.82, 2.24) is 9.88 Å². The van der Waals surface area contributed by atoms with Crippen LogP contribution in [-0.2, 0) is 32.0 Å². The Bertz CT molecular complexity index is 1550. The Balaban J connectivity index is 1.67. The molecule has 7 atom stereocenters. The second kappa shape index (κ2) is 11.5. The van der Waals surface area contributed by atoms with Gasteiger partial charge in [0.2, 0.25) is 11.8 Å². The van der Waals surface area contributed by atoms with Crippen molar-refractivity contribution >= 4 is 29.0 Å². The minimum atomic E-state index is -2.76. The number of nitrogens with zero attached hydrogens (tertiary/aromatic N) is 2. The highest BCUT2D eigenvalue weighted by molar-refractivity contribution is 6.32. The number of aromatic nitrogens is 1. The lowest BCUT2D eigenvalue weighted by molar-refractivity contribution is -0.181. The number of phenolic OH excluding ortho intramolecular Hbond substituents is 1. The fourth-order valence-corrected chi connectivity index (χ4v) is 7.44. The van der Waals surface area contributed by atoms with Crippen molar-refractivity contribution in [1.29, 1.82) is 0 Å². The van der Waals surface area contributed by atoms with Crippen molar-refractivity contribution in [3.63, 3.8) is 0 Å². The van der Waals surface area contributed by atoms with Crippen LogP contribution in [0, 0.1) is 29.6 Å². The van der Waals surface area contributed by atoms with E-state index >= 15 is 0 Å². The zero-order valence-electron chi connectivity index (χ0n) is 25.6. The fraction of sp³-hybridized carbons (Fsp3) is 0.515. The molecule has 5 rings (SSSR count). The molecule has 11 heteroatoms. The number of hydrogen-bond acceptors (Lipinski definition) is 10. The first-order valence-corrected chi connectivity index (χ1v) is 15.0. The molecule has 0 bridgehead atoms. The van der Waals surface area contributed by atoms with Crippen LogP contribution in [0.25, 0.3) is 11.1 Å². The van der Waals surface area contributed by atoms with Gasteiger partial charge in [0.15, 0.2) is 34.7 Å². The highest BCUT2D eigenvalue weighted by Crippen LogP contribution is 2.52. The molecular formula is C33H39N3O8.